The highest BCUT2D eigenvalue weighted by atomic mass is 32.2. The van der Waals surface area contributed by atoms with E-state index < -0.39 is 40.5 Å². The maximum atomic E-state index is 12.5. The van der Waals surface area contributed by atoms with E-state index in [4.69, 9.17) is 14.2 Å². The number of thiophene rings is 1. The molecule has 0 atom stereocenters. The van der Waals surface area contributed by atoms with E-state index in [1.54, 1.807) is 19.9 Å². The van der Waals surface area contributed by atoms with Crippen LogP contribution >= 0.6 is 11.3 Å². The molecule has 8 nitrogen and oxygen atoms in total. The van der Waals surface area contributed by atoms with Crippen molar-refractivity contribution in [1.29, 1.82) is 0 Å². The van der Waals surface area contributed by atoms with Crippen LogP contribution < -0.4 is 9.46 Å². The molecule has 32 heavy (non-hydrogen) atoms. The summed E-state index contributed by atoms with van der Waals surface area (Å²) < 4.78 is 77.9. The largest absolute Gasteiger partial charge is 0.480 e. The van der Waals surface area contributed by atoms with E-state index in [1.807, 2.05) is 4.72 Å². The van der Waals surface area contributed by atoms with Crippen molar-refractivity contribution < 1.29 is 45.4 Å². The third-order valence-corrected chi connectivity index (χ3v) is 6.41. The Hall–Kier alpha value is -2.80. The van der Waals surface area contributed by atoms with E-state index in [1.165, 1.54) is 25.3 Å². The number of hydrogen-bond acceptors (Lipinski definition) is 8. The number of methoxy groups -OCH3 is 1. The molecule has 1 aromatic carbocycles. The lowest BCUT2D eigenvalue weighted by Gasteiger charge is -2.11. The van der Waals surface area contributed by atoms with Crippen molar-refractivity contribution in [1.82, 2.24) is 0 Å². The molecule has 0 radical (unpaired) electrons. The average Bonchev–Trinajstić information content (AvgIpc) is 3.00. The van der Waals surface area contributed by atoms with E-state index in [-0.39, 0.29) is 22.9 Å². The summed E-state index contributed by atoms with van der Waals surface area (Å²) in [6.45, 7) is 2.93. The first-order chi connectivity index (χ1) is 14.9. The fraction of sp³-hybridized carbons (Fsp3) is 0.368. The smallest absolute Gasteiger partial charge is 0.404 e. The number of rotatable bonds is 9. The molecule has 0 aliphatic rings. The summed E-state index contributed by atoms with van der Waals surface area (Å²) >= 11 is 0.965. The average molecular weight is 495 g/mol. The lowest BCUT2D eigenvalue weighted by atomic mass is 10.1. The minimum absolute atomic E-state index is 0.0624. The van der Waals surface area contributed by atoms with Gasteiger partial charge in [-0.15, -0.1) is 11.3 Å². The van der Waals surface area contributed by atoms with Crippen LogP contribution in [0.15, 0.2) is 24.3 Å². The maximum Gasteiger partial charge on any atom is 0.404 e. The summed E-state index contributed by atoms with van der Waals surface area (Å²) in [6, 6.07) is 5.64. The van der Waals surface area contributed by atoms with E-state index >= 15 is 0 Å². The molecule has 0 fully saturated rings. The monoisotopic (exact) mass is 495 g/mol. The number of anilines is 1. The predicted molar refractivity (Wildman–Crippen MR) is 111 cm³/mol. The molecule has 2 rings (SSSR count). The van der Waals surface area contributed by atoms with Gasteiger partial charge in [0.05, 0.1) is 13.7 Å². The Labute approximate surface area is 186 Å². The van der Waals surface area contributed by atoms with Crippen molar-refractivity contribution in [2.75, 3.05) is 30.8 Å². The van der Waals surface area contributed by atoms with Crippen molar-refractivity contribution in [3.8, 4) is 16.2 Å². The number of sulfonamides is 1. The zero-order valence-electron chi connectivity index (χ0n) is 17.2. The lowest BCUT2D eigenvalue weighted by molar-refractivity contribution is -0.145. The summed E-state index contributed by atoms with van der Waals surface area (Å²) in [5.74, 6) is -3.30. The molecular weight excluding hydrogens is 475 g/mol. The quantitative estimate of drug-likeness (QED) is 0.528. The minimum atomic E-state index is -4.89. The van der Waals surface area contributed by atoms with Crippen LogP contribution in [0.4, 0.5) is 18.9 Å². The number of halogens is 3. The molecule has 2 aromatic rings. The van der Waals surface area contributed by atoms with Crippen LogP contribution in [0.5, 0.6) is 5.75 Å². The summed E-state index contributed by atoms with van der Waals surface area (Å²) in [4.78, 5) is 24.3. The lowest BCUT2D eigenvalue weighted by Crippen LogP contribution is -2.27. The fourth-order valence-corrected chi connectivity index (χ4v) is 4.82. The topological polar surface area (TPSA) is 108 Å². The standard InChI is InChI=1S/C19H20F3NO7S2/c1-4-29-14(24)9-30-15-11(2)16(31-17(15)18(25)28-3)12-6-5-7-13(8-12)23-32(26,27)10-19(20,21)22/h5-8,23H,4,9-10H2,1-3H3. The van der Waals surface area contributed by atoms with Gasteiger partial charge in [-0.1, -0.05) is 12.1 Å². The van der Waals surface area contributed by atoms with Crippen molar-refractivity contribution in [2.45, 2.75) is 20.0 Å². The Morgan fingerprint density at radius 3 is 2.50 bits per heavy atom. The van der Waals surface area contributed by atoms with Gasteiger partial charge in [0.1, 0.15) is 5.75 Å². The van der Waals surface area contributed by atoms with Crippen molar-refractivity contribution in [3.63, 3.8) is 0 Å². The summed E-state index contributed by atoms with van der Waals surface area (Å²) in [6.07, 6.45) is -4.89. The first-order valence-electron chi connectivity index (χ1n) is 9.04. The molecule has 1 heterocycles. The van der Waals surface area contributed by atoms with Gasteiger partial charge in [-0.25, -0.2) is 18.0 Å². The molecule has 0 aliphatic heterocycles. The second kappa shape index (κ2) is 10.2. The predicted octanol–water partition coefficient (Wildman–Crippen LogP) is 3.76. The van der Waals surface area contributed by atoms with Crippen LogP contribution in [-0.4, -0.2) is 52.6 Å². The number of hydrogen-bond donors (Lipinski definition) is 1. The van der Waals surface area contributed by atoms with Crippen molar-refractivity contribution in [3.05, 3.63) is 34.7 Å². The fourth-order valence-electron chi connectivity index (χ4n) is 2.66. The van der Waals surface area contributed by atoms with Crippen LogP contribution in [0, 0.1) is 6.92 Å². The number of ether oxygens (including phenoxy) is 3. The van der Waals surface area contributed by atoms with Gasteiger partial charge >= 0.3 is 18.1 Å². The number of benzene rings is 1. The number of carbonyl (C=O) groups excluding carboxylic acids is 2. The van der Waals surface area contributed by atoms with E-state index in [9.17, 15) is 31.2 Å². The highest BCUT2D eigenvalue weighted by Gasteiger charge is 2.35. The third-order valence-electron chi connectivity index (χ3n) is 3.85. The molecule has 1 N–H and O–H groups in total. The second-order valence-corrected chi connectivity index (χ2v) is 9.10. The van der Waals surface area contributed by atoms with Gasteiger partial charge in [-0.2, -0.15) is 13.2 Å². The van der Waals surface area contributed by atoms with Gasteiger partial charge in [-0.3, -0.25) is 4.72 Å². The minimum Gasteiger partial charge on any atom is -0.480 e. The first kappa shape index (κ1) is 25.5. The van der Waals surface area contributed by atoms with Gasteiger partial charge in [-0.05, 0) is 31.5 Å². The highest BCUT2D eigenvalue weighted by molar-refractivity contribution is 7.92. The molecule has 176 valence electrons. The van der Waals surface area contributed by atoms with Gasteiger partial charge in [0.2, 0.25) is 10.0 Å². The summed E-state index contributed by atoms with van der Waals surface area (Å²) in [5.41, 5.74) is 0.777. The Balaban J connectivity index is 2.40. The third kappa shape index (κ3) is 6.85. The molecule has 0 spiro atoms. The van der Waals surface area contributed by atoms with E-state index in [0.717, 1.165) is 11.3 Å². The van der Waals surface area contributed by atoms with Gasteiger partial charge in [0, 0.05) is 16.1 Å². The number of alkyl halides is 3. The molecule has 0 amide bonds. The Bertz CT molecular complexity index is 1090. The highest BCUT2D eigenvalue weighted by Crippen LogP contribution is 2.42. The Kier molecular flexibility index (Phi) is 8.13. The molecule has 0 saturated heterocycles. The first-order valence-corrected chi connectivity index (χ1v) is 11.5. The Morgan fingerprint density at radius 1 is 1.22 bits per heavy atom. The molecule has 0 aliphatic carbocycles. The summed E-state index contributed by atoms with van der Waals surface area (Å²) in [7, 11) is -3.50. The molecule has 1 aromatic heterocycles. The maximum absolute atomic E-state index is 12.5. The van der Waals surface area contributed by atoms with Crippen molar-refractivity contribution >= 4 is 39.0 Å². The zero-order chi connectivity index (χ0) is 24.1. The van der Waals surface area contributed by atoms with E-state index in [0.29, 0.717) is 16.0 Å². The molecule has 13 heteroatoms. The molecule has 0 saturated carbocycles. The SMILES string of the molecule is CCOC(=O)COc1c(C(=O)OC)sc(-c2cccc(NS(=O)(=O)CC(F)(F)F)c2)c1C. The van der Waals surface area contributed by atoms with Crippen LogP contribution in [0.2, 0.25) is 0 Å². The summed E-state index contributed by atoms with van der Waals surface area (Å²) in [5, 5.41) is 0. The normalized spacial score (nSPS) is 11.7. The van der Waals surface area contributed by atoms with Crippen molar-refractivity contribution in [2.24, 2.45) is 0 Å². The van der Waals surface area contributed by atoms with Crippen LogP contribution in [0.1, 0.15) is 22.2 Å². The van der Waals surface area contributed by atoms with Crippen LogP contribution in [0.25, 0.3) is 10.4 Å². The van der Waals surface area contributed by atoms with E-state index in [2.05, 4.69) is 0 Å². The number of esters is 2. The van der Waals surface area contributed by atoms with Gasteiger partial charge < -0.3 is 14.2 Å². The number of carbonyl (C=O) groups is 2. The molecular formula is C19H20F3NO7S2. The Morgan fingerprint density at radius 2 is 1.91 bits per heavy atom. The van der Waals surface area contributed by atoms with Crippen LogP contribution in [0.3, 0.4) is 0 Å². The van der Waals surface area contributed by atoms with Crippen LogP contribution in [-0.2, 0) is 24.3 Å². The molecule has 0 unspecified atom stereocenters. The molecule has 0 bridgehead atoms. The zero-order valence-corrected chi connectivity index (χ0v) is 18.9. The second-order valence-electron chi connectivity index (χ2n) is 6.36. The van der Waals surface area contributed by atoms with Gasteiger partial charge in [0.25, 0.3) is 0 Å². The number of nitrogens with one attached hydrogen (secondary N) is 1. The van der Waals surface area contributed by atoms with Gasteiger partial charge in [0.15, 0.2) is 17.2 Å².